The van der Waals surface area contributed by atoms with Gasteiger partial charge in [-0.15, -0.1) is 11.3 Å². The molecule has 4 aromatic rings. The van der Waals surface area contributed by atoms with E-state index >= 15 is 0 Å². The quantitative estimate of drug-likeness (QED) is 0.529. The van der Waals surface area contributed by atoms with Gasteiger partial charge in [-0.05, 0) is 11.6 Å². The fraction of sp³-hybridized carbons (Fsp3) is 0.111. The summed E-state index contributed by atoms with van der Waals surface area (Å²) in [5.74, 6) is -0.552. The van der Waals surface area contributed by atoms with Crippen LogP contribution in [0.15, 0.2) is 62.8 Å². The number of hydrogen-bond donors (Lipinski definition) is 1. The maximum absolute atomic E-state index is 12.6. The lowest BCUT2D eigenvalue weighted by Gasteiger charge is -2.02. The van der Waals surface area contributed by atoms with Gasteiger partial charge in [0.05, 0.1) is 11.9 Å². The molecule has 8 nitrogen and oxygen atoms in total. The van der Waals surface area contributed by atoms with E-state index in [1.54, 1.807) is 6.07 Å². The zero-order chi connectivity index (χ0) is 18.8. The number of hydrogen-bond acceptors (Lipinski definition) is 7. The minimum absolute atomic E-state index is 0.0236. The van der Waals surface area contributed by atoms with E-state index in [0.717, 1.165) is 21.5 Å². The SMILES string of the molecule is O=C(OCc1ccccc1)c1cc2c(=O)n(Cc3ccon3)c(=O)[nH]c2s1. The average molecular weight is 383 g/mol. The predicted molar refractivity (Wildman–Crippen MR) is 97.9 cm³/mol. The van der Waals surface area contributed by atoms with Crippen molar-refractivity contribution in [1.29, 1.82) is 0 Å². The van der Waals surface area contributed by atoms with Crippen molar-refractivity contribution in [3.8, 4) is 0 Å². The minimum Gasteiger partial charge on any atom is -0.457 e. The fourth-order valence-electron chi connectivity index (χ4n) is 2.56. The van der Waals surface area contributed by atoms with Gasteiger partial charge in [-0.1, -0.05) is 35.5 Å². The first-order valence-corrected chi connectivity index (χ1v) is 8.80. The molecular weight excluding hydrogens is 370 g/mol. The van der Waals surface area contributed by atoms with Gasteiger partial charge < -0.3 is 9.26 Å². The summed E-state index contributed by atoms with van der Waals surface area (Å²) in [4.78, 5) is 40.3. The normalized spacial score (nSPS) is 11.0. The van der Waals surface area contributed by atoms with Crippen LogP contribution in [0.5, 0.6) is 0 Å². The van der Waals surface area contributed by atoms with Gasteiger partial charge in [0.1, 0.15) is 28.3 Å². The molecule has 0 atom stereocenters. The number of aromatic amines is 1. The van der Waals surface area contributed by atoms with Crippen LogP contribution in [0.1, 0.15) is 20.9 Å². The first-order valence-electron chi connectivity index (χ1n) is 7.99. The number of nitrogens with zero attached hydrogens (tertiary/aromatic N) is 2. The number of ether oxygens (including phenoxy) is 1. The van der Waals surface area contributed by atoms with E-state index in [0.29, 0.717) is 10.5 Å². The molecule has 3 heterocycles. The Morgan fingerprint density at radius 1 is 1.22 bits per heavy atom. The Morgan fingerprint density at radius 2 is 2.04 bits per heavy atom. The van der Waals surface area contributed by atoms with Gasteiger partial charge in [-0.2, -0.15) is 0 Å². The summed E-state index contributed by atoms with van der Waals surface area (Å²) in [5, 5.41) is 3.95. The largest absolute Gasteiger partial charge is 0.457 e. The predicted octanol–water partition coefficient (Wildman–Crippen LogP) is 2.14. The monoisotopic (exact) mass is 383 g/mol. The lowest BCUT2D eigenvalue weighted by Crippen LogP contribution is -2.34. The Balaban J connectivity index is 1.62. The third kappa shape index (κ3) is 3.44. The highest BCUT2D eigenvalue weighted by Crippen LogP contribution is 2.21. The number of esters is 1. The Morgan fingerprint density at radius 3 is 2.78 bits per heavy atom. The van der Waals surface area contributed by atoms with Crippen molar-refractivity contribution >= 4 is 27.5 Å². The van der Waals surface area contributed by atoms with E-state index in [-0.39, 0.29) is 23.4 Å². The molecule has 1 N–H and O–H groups in total. The van der Waals surface area contributed by atoms with Gasteiger partial charge >= 0.3 is 11.7 Å². The number of carbonyl (C=O) groups is 1. The van der Waals surface area contributed by atoms with Crippen molar-refractivity contribution in [3.63, 3.8) is 0 Å². The van der Waals surface area contributed by atoms with E-state index < -0.39 is 17.2 Å². The van der Waals surface area contributed by atoms with Gasteiger partial charge in [-0.3, -0.25) is 14.3 Å². The molecule has 9 heteroatoms. The number of benzene rings is 1. The van der Waals surface area contributed by atoms with Crippen LogP contribution < -0.4 is 11.2 Å². The van der Waals surface area contributed by atoms with Gasteiger partial charge in [-0.25, -0.2) is 9.59 Å². The second-order valence-corrected chi connectivity index (χ2v) is 6.78. The van der Waals surface area contributed by atoms with Crippen LogP contribution in [-0.4, -0.2) is 20.7 Å². The van der Waals surface area contributed by atoms with Crippen LogP contribution in [0.25, 0.3) is 10.2 Å². The number of H-pyrrole nitrogens is 1. The number of carbonyl (C=O) groups excluding carboxylic acids is 1. The van der Waals surface area contributed by atoms with E-state index in [1.807, 2.05) is 30.3 Å². The minimum atomic E-state index is -0.582. The summed E-state index contributed by atoms with van der Waals surface area (Å²) < 4.78 is 11.0. The molecule has 0 unspecified atom stereocenters. The van der Waals surface area contributed by atoms with E-state index in [1.165, 1.54) is 12.3 Å². The van der Waals surface area contributed by atoms with Crippen molar-refractivity contribution in [3.05, 3.63) is 85.7 Å². The Kier molecular flexibility index (Phi) is 4.43. The van der Waals surface area contributed by atoms with Crippen molar-refractivity contribution in [1.82, 2.24) is 14.7 Å². The summed E-state index contributed by atoms with van der Waals surface area (Å²) in [6.45, 7) is 0.102. The smallest absolute Gasteiger partial charge is 0.348 e. The molecule has 0 aliphatic carbocycles. The molecular formula is C18H13N3O5S. The number of fused-ring (bicyclic) bond motifs is 1. The van der Waals surface area contributed by atoms with Gasteiger partial charge in [0.2, 0.25) is 0 Å². The number of thiophene rings is 1. The molecule has 0 aliphatic heterocycles. The second-order valence-electron chi connectivity index (χ2n) is 5.73. The van der Waals surface area contributed by atoms with Crippen LogP contribution in [-0.2, 0) is 17.9 Å². The van der Waals surface area contributed by atoms with E-state index in [2.05, 4.69) is 10.1 Å². The molecule has 0 saturated heterocycles. The van der Waals surface area contributed by atoms with Gasteiger partial charge in [0.15, 0.2) is 0 Å². The second kappa shape index (κ2) is 7.04. The fourth-order valence-corrected chi connectivity index (χ4v) is 3.50. The lowest BCUT2D eigenvalue weighted by atomic mass is 10.2. The summed E-state index contributed by atoms with van der Waals surface area (Å²) in [5.41, 5.74) is 0.215. The van der Waals surface area contributed by atoms with Crippen molar-refractivity contribution in [2.45, 2.75) is 13.2 Å². The zero-order valence-electron chi connectivity index (χ0n) is 13.9. The van der Waals surface area contributed by atoms with Crippen LogP contribution in [0.3, 0.4) is 0 Å². The van der Waals surface area contributed by atoms with E-state index in [4.69, 9.17) is 9.26 Å². The van der Waals surface area contributed by atoms with Gasteiger partial charge in [0, 0.05) is 6.07 Å². The molecule has 0 aliphatic rings. The highest BCUT2D eigenvalue weighted by molar-refractivity contribution is 7.20. The number of nitrogens with one attached hydrogen (secondary N) is 1. The Labute approximate surface area is 155 Å². The van der Waals surface area contributed by atoms with Crippen LogP contribution in [0.2, 0.25) is 0 Å². The van der Waals surface area contributed by atoms with E-state index in [9.17, 15) is 14.4 Å². The van der Waals surface area contributed by atoms with Crippen molar-refractivity contribution in [2.75, 3.05) is 0 Å². The highest BCUT2D eigenvalue weighted by Gasteiger charge is 2.17. The molecule has 0 radical (unpaired) electrons. The molecule has 0 saturated carbocycles. The molecule has 0 spiro atoms. The molecule has 4 rings (SSSR count). The van der Waals surface area contributed by atoms with Crippen molar-refractivity contribution < 1.29 is 14.1 Å². The summed E-state index contributed by atoms with van der Waals surface area (Å²) >= 11 is 1.01. The molecule has 3 aromatic heterocycles. The molecule has 1 aromatic carbocycles. The van der Waals surface area contributed by atoms with Crippen LogP contribution in [0.4, 0.5) is 0 Å². The summed E-state index contributed by atoms with van der Waals surface area (Å²) in [6, 6.07) is 12.3. The zero-order valence-corrected chi connectivity index (χ0v) is 14.7. The van der Waals surface area contributed by atoms with Crippen molar-refractivity contribution in [2.24, 2.45) is 0 Å². The maximum atomic E-state index is 12.6. The first-order chi connectivity index (χ1) is 13.1. The molecule has 27 heavy (non-hydrogen) atoms. The van der Waals surface area contributed by atoms with Crippen LogP contribution >= 0.6 is 11.3 Å². The Bertz CT molecular complexity index is 1210. The lowest BCUT2D eigenvalue weighted by molar-refractivity contribution is 0.0478. The Hall–Kier alpha value is -3.46. The average Bonchev–Trinajstić information content (AvgIpc) is 3.34. The maximum Gasteiger partial charge on any atom is 0.348 e. The number of aromatic nitrogens is 3. The molecule has 0 bridgehead atoms. The third-order valence-corrected chi connectivity index (χ3v) is 4.93. The van der Waals surface area contributed by atoms with Gasteiger partial charge in [0.25, 0.3) is 5.56 Å². The topological polar surface area (TPSA) is 107 Å². The molecule has 0 fully saturated rings. The third-order valence-electron chi connectivity index (χ3n) is 3.90. The molecule has 136 valence electrons. The number of rotatable bonds is 5. The van der Waals surface area contributed by atoms with Crippen LogP contribution in [0, 0.1) is 0 Å². The summed E-state index contributed by atoms with van der Waals surface area (Å²) in [7, 11) is 0. The standard InChI is InChI=1S/C18H13N3O5S/c22-16-13-8-14(17(23)25-10-11-4-2-1-3-5-11)27-15(13)19-18(24)21(16)9-12-6-7-26-20-12/h1-8H,9-10H2,(H,19,24). The highest BCUT2D eigenvalue weighted by atomic mass is 32.1. The molecule has 0 amide bonds. The first kappa shape index (κ1) is 17.0. The summed E-state index contributed by atoms with van der Waals surface area (Å²) in [6.07, 6.45) is 1.36.